The highest BCUT2D eigenvalue weighted by Gasteiger charge is 2.25. The molecule has 1 aliphatic rings. The third-order valence-electron chi connectivity index (χ3n) is 3.41. The predicted octanol–water partition coefficient (Wildman–Crippen LogP) is 1.42. The summed E-state index contributed by atoms with van der Waals surface area (Å²) >= 11 is 0. The maximum atomic E-state index is 12.5. The maximum absolute atomic E-state index is 12.5. The average Bonchev–Trinajstić information content (AvgIpc) is 2.47. The summed E-state index contributed by atoms with van der Waals surface area (Å²) in [5.41, 5.74) is 0.445. The van der Waals surface area contributed by atoms with Crippen LogP contribution >= 0.6 is 12.4 Å². The number of sulfonamides is 1. The van der Waals surface area contributed by atoms with Gasteiger partial charge in [-0.25, -0.2) is 13.1 Å². The Morgan fingerprint density at radius 1 is 1.32 bits per heavy atom. The van der Waals surface area contributed by atoms with Crippen molar-refractivity contribution in [3.63, 3.8) is 0 Å². The fourth-order valence-corrected chi connectivity index (χ4v) is 4.07. The van der Waals surface area contributed by atoms with Crippen molar-refractivity contribution in [3.05, 3.63) is 23.8 Å². The molecule has 1 aromatic carbocycles. The molecular weight excluding hydrogens is 366 g/mol. The van der Waals surface area contributed by atoms with Gasteiger partial charge in [-0.15, -0.1) is 12.4 Å². The van der Waals surface area contributed by atoms with E-state index in [1.807, 2.05) is 0 Å². The van der Waals surface area contributed by atoms with Crippen LogP contribution in [-0.2, 0) is 19.6 Å². The van der Waals surface area contributed by atoms with Gasteiger partial charge in [0.05, 0.1) is 11.5 Å². The van der Waals surface area contributed by atoms with Crippen LogP contribution in [0.2, 0.25) is 0 Å². The van der Waals surface area contributed by atoms with Crippen LogP contribution in [0.3, 0.4) is 0 Å². The number of ether oxygens (including phenoxy) is 1. The van der Waals surface area contributed by atoms with Gasteiger partial charge in [0.15, 0.2) is 0 Å². The SMILES string of the molecule is Cc1ccc(NC(=O)C2CNCCO2)cc1S(=O)(=O)NC(C)(C)C.Cl. The van der Waals surface area contributed by atoms with E-state index in [2.05, 4.69) is 15.4 Å². The molecule has 1 saturated heterocycles. The van der Waals surface area contributed by atoms with E-state index in [0.717, 1.165) is 6.54 Å². The zero-order valence-electron chi connectivity index (χ0n) is 14.9. The summed E-state index contributed by atoms with van der Waals surface area (Å²) in [7, 11) is -3.68. The van der Waals surface area contributed by atoms with Crippen LogP contribution in [0.4, 0.5) is 5.69 Å². The van der Waals surface area contributed by atoms with Gasteiger partial charge in [0.25, 0.3) is 5.91 Å². The summed E-state index contributed by atoms with van der Waals surface area (Å²) in [6, 6.07) is 4.82. The second-order valence-electron chi connectivity index (χ2n) is 6.89. The van der Waals surface area contributed by atoms with Crippen LogP contribution in [0.5, 0.6) is 0 Å². The Balaban J connectivity index is 0.00000312. The zero-order valence-corrected chi connectivity index (χ0v) is 16.5. The number of nitrogens with one attached hydrogen (secondary N) is 3. The Bertz CT molecular complexity index is 711. The number of hydrogen-bond acceptors (Lipinski definition) is 5. The van der Waals surface area contributed by atoms with Crippen molar-refractivity contribution in [2.24, 2.45) is 0 Å². The Morgan fingerprint density at radius 3 is 2.56 bits per heavy atom. The van der Waals surface area contributed by atoms with Crippen molar-refractivity contribution in [3.8, 4) is 0 Å². The molecular formula is C16H26ClN3O4S. The highest BCUT2D eigenvalue weighted by Crippen LogP contribution is 2.22. The Labute approximate surface area is 155 Å². The monoisotopic (exact) mass is 391 g/mol. The summed E-state index contributed by atoms with van der Waals surface area (Å²) in [6.45, 7) is 8.68. The summed E-state index contributed by atoms with van der Waals surface area (Å²) < 4.78 is 33.1. The molecule has 0 aliphatic carbocycles. The second-order valence-corrected chi connectivity index (χ2v) is 8.54. The number of carbonyl (C=O) groups is 1. The lowest BCUT2D eigenvalue weighted by Crippen LogP contribution is -2.45. The average molecular weight is 392 g/mol. The van der Waals surface area contributed by atoms with Gasteiger partial charge in [-0.1, -0.05) is 6.07 Å². The van der Waals surface area contributed by atoms with Crippen LogP contribution in [0, 0.1) is 6.92 Å². The van der Waals surface area contributed by atoms with Crippen molar-refractivity contribution in [2.45, 2.75) is 44.2 Å². The van der Waals surface area contributed by atoms with Crippen molar-refractivity contribution >= 4 is 34.0 Å². The quantitative estimate of drug-likeness (QED) is 0.721. The topological polar surface area (TPSA) is 96.5 Å². The molecule has 3 N–H and O–H groups in total. The minimum Gasteiger partial charge on any atom is -0.366 e. The van der Waals surface area contributed by atoms with Crippen molar-refractivity contribution < 1.29 is 17.9 Å². The van der Waals surface area contributed by atoms with Crippen LogP contribution in [0.1, 0.15) is 26.3 Å². The number of hydrogen-bond donors (Lipinski definition) is 3. The predicted molar refractivity (Wildman–Crippen MR) is 99.7 cm³/mol. The molecule has 0 saturated carbocycles. The molecule has 9 heteroatoms. The fraction of sp³-hybridized carbons (Fsp3) is 0.562. The van der Waals surface area contributed by atoms with Gasteiger partial charge in [0.1, 0.15) is 6.10 Å². The van der Waals surface area contributed by atoms with Crippen molar-refractivity contribution in [1.29, 1.82) is 0 Å². The molecule has 0 radical (unpaired) electrons. The number of anilines is 1. The van der Waals surface area contributed by atoms with Crippen LogP contribution in [-0.4, -0.2) is 45.7 Å². The minimum atomic E-state index is -3.68. The minimum absolute atomic E-state index is 0. The van der Waals surface area contributed by atoms with Gasteiger partial charge in [0.2, 0.25) is 10.0 Å². The van der Waals surface area contributed by atoms with Gasteiger partial charge in [-0.05, 0) is 45.4 Å². The van der Waals surface area contributed by atoms with Gasteiger partial charge >= 0.3 is 0 Å². The summed E-state index contributed by atoms with van der Waals surface area (Å²) in [4.78, 5) is 12.4. The van der Waals surface area contributed by atoms with Gasteiger partial charge < -0.3 is 15.4 Å². The van der Waals surface area contributed by atoms with Gasteiger partial charge in [-0.3, -0.25) is 4.79 Å². The first-order valence-electron chi connectivity index (χ1n) is 7.86. The Morgan fingerprint density at radius 2 is 2.00 bits per heavy atom. The van der Waals surface area contributed by atoms with E-state index in [9.17, 15) is 13.2 Å². The highest BCUT2D eigenvalue weighted by molar-refractivity contribution is 7.89. The number of carbonyl (C=O) groups excluding carboxylic acids is 1. The molecule has 2 rings (SSSR count). The molecule has 7 nitrogen and oxygen atoms in total. The molecule has 1 heterocycles. The normalized spacial score (nSPS) is 18.3. The molecule has 0 bridgehead atoms. The maximum Gasteiger partial charge on any atom is 0.254 e. The van der Waals surface area contributed by atoms with Crippen LogP contribution in [0.15, 0.2) is 23.1 Å². The lowest BCUT2D eigenvalue weighted by molar-refractivity contribution is -0.128. The number of amides is 1. The first-order valence-corrected chi connectivity index (χ1v) is 9.35. The third kappa shape index (κ3) is 6.23. The number of morpholine rings is 1. The lowest BCUT2D eigenvalue weighted by Gasteiger charge is -2.23. The number of halogens is 1. The molecule has 0 spiro atoms. The van der Waals surface area contributed by atoms with E-state index in [1.165, 1.54) is 6.07 Å². The molecule has 1 fully saturated rings. The Hall–Kier alpha value is -1.19. The number of aryl methyl sites for hydroxylation is 1. The first kappa shape index (κ1) is 21.9. The zero-order chi connectivity index (χ0) is 18.0. The molecule has 0 aromatic heterocycles. The third-order valence-corrected chi connectivity index (χ3v) is 5.31. The fourth-order valence-electron chi connectivity index (χ4n) is 2.38. The van der Waals surface area contributed by atoms with Crippen LogP contribution < -0.4 is 15.4 Å². The molecule has 1 aromatic rings. The van der Waals surface area contributed by atoms with E-state index >= 15 is 0 Å². The summed E-state index contributed by atoms with van der Waals surface area (Å²) in [5.74, 6) is -0.293. The lowest BCUT2D eigenvalue weighted by atomic mass is 10.1. The largest absolute Gasteiger partial charge is 0.366 e. The first-order chi connectivity index (χ1) is 11.1. The van der Waals surface area contributed by atoms with Crippen molar-refractivity contribution in [2.75, 3.05) is 25.0 Å². The summed E-state index contributed by atoms with van der Waals surface area (Å²) in [5, 5.41) is 5.80. The second kappa shape index (κ2) is 8.46. The van der Waals surface area contributed by atoms with E-state index in [-0.39, 0.29) is 23.2 Å². The van der Waals surface area contributed by atoms with E-state index < -0.39 is 21.7 Å². The number of benzene rings is 1. The molecule has 142 valence electrons. The van der Waals surface area contributed by atoms with E-state index in [1.54, 1.807) is 39.8 Å². The smallest absolute Gasteiger partial charge is 0.254 e. The Kier molecular flexibility index (Phi) is 7.40. The highest BCUT2D eigenvalue weighted by atomic mass is 35.5. The van der Waals surface area contributed by atoms with E-state index in [4.69, 9.17) is 4.74 Å². The van der Waals surface area contributed by atoms with Gasteiger partial charge in [-0.2, -0.15) is 0 Å². The van der Waals surface area contributed by atoms with Crippen molar-refractivity contribution in [1.82, 2.24) is 10.0 Å². The van der Waals surface area contributed by atoms with Crippen LogP contribution in [0.25, 0.3) is 0 Å². The standard InChI is InChI=1S/C16H25N3O4S.ClH/c1-11-5-6-12(18-15(20)13-10-17-7-8-23-13)9-14(11)24(21,22)19-16(2,3)4;/h5-6,9,13,17,19H,7-8,10H2,1-4H3,(H,18,20);1H. The molecule has 25 heavy (non-hydrogen) atoms. The molecule has 1 unspecified atom stereocenters. The van der Waals surface area contributed by atoms with Gasteiger partial charge in [0, 0.05) is 24.3 Å². The number of rotatable bonds is 4. The molecule has 1 amide bonds. The molecule has 1 aliphatic heterocycles. The summed E-state index contributed by atoms with van der Waals surface area (Å²) in [6.07, 6.45) is -0.576. The van der Waals surface area contributed by atoms with E-state index in [0.29, 0.717) is 24.4 Å². The molecule has 1 atom stereocenters.